The number of carbonyl (C=O) groups is 2. The zero-order valence-electron chi connectivity index (χ0n) is 10.2. The number of Topliss-reactive ketones (excluding diaryl/α,β-unsaturated/α-hetero) is 1. The van der Waals surface area contributed by atoms with Crippen LogP contribution in [0.25, 0.3) is 0 Å². The van der Waals surface area contributed by atoms with E-state index in [1.807, 2.05) is 6.92 Å². The highest BCUT2D eigenvalue weighted by atomic mass is 16.5. The van der Waals surface area contributed by atoms with Crippen LogP contribution in [0, 0.1) is 0 Å². The number of amides is 1. The lowest BCUT2D eigenvalue weighted by Gasteiger charge is -2.06. The number of benzene rings is 1. The Bertz CT molecular complexity index is 384. The summed E-state index contributed by atoms with van der Waals surface area (Å²) in [6, 6.07) is 6.93. The second-order valence-electron chi connectivity index (χ2n) is 3.78. The molecule has 0 radical (unpaired) electrons. The van der Waals surface area contributed by atoms with Crippen LogP contribution in [0.4, 0.5) is 5.69 Å². The summed E-state index contributed by atoms with van der Waals surface area (Å²) < 4.78 is 5.32. The van der Waals surface area contributed by atoms with E-state index < -0.39 is 0 Å². The summed E-state index contributed by atoms with van der Waals surface area (Å²) in [5.74, 6) is 0.610. The molecule has 4 nitrogen and oxygen atoms in total. The van der Waals surface area contributed by atoms with Crippen molar-refractivity contribution in [1.82, 2.24) is 0 Å². The maximum Gasteiger partial charge on any atom is 0.221 e. The molecule has 0 aliphatic carbocycles. The SMILES string of the molecule is CCCC(=O)COc1ccc(NC(C)=O)cc1. The van der Waals surface area contributed by atoms with Crippen LogP contribution >= 0.6 is 0 Å². The van der Waals surface area contributed by atoms with E-state index in [-0.39, 0.29) is 18.3 Å². The first-order valence-electron chi connectivity index (χ1n) is 5.64. The molecule has 1 amide bonds. The second kappa shape index (κ2) is 6.68. The number of hydrogen-bond donors (Lipinski definition) is 1. The highest BCUT2D eigenvalue weighted by Crippen LogP contribution is 2.15. The minimum Gasteiger partial charge on any atom is -0.486 e. The standard InChI is InChI=1S/C13H17NO3/c1-3-4-12(16)9-17-13-7-5-11(6-8-13)14-10(2)15/h5-8H,3-4,9H2,1-2H3,(H,14,15). The Labute approximate surface area is 101 Å². The largest absolute Gasteiger partial charge is 0.486 e. The molecule has 1 rings (SSSR count). The highest BCUT2D eigenvalue weighted by molar-refractivity contribution is 5.88. The van der Waals surface area contributed by atoms with Crippen molar-refractivity contribution >= 4 is 17.4 Å². The number of ether oxygens (including phenoxy) is 1. The molecule has 1 aromatic rings. The van der Waals surface area contributed by atoms with E-state index in [0.717, 1.165) is 6.42 Å². The van der Waals surface area contributed by atoms with E-state index in [0.29, 0.717) is 17.9 Å². The Morgan fingerprint density at radius 1 is 1.24 bits per heavy atom. The molecule has 1 aromatic carbocycles. The lowest BCUT2D eigenvalue weighted by atomic mass is 10.2. The fourth-order valence-corrected chi connectivity index (χ4v) is 1.35. The third kappa shape index (κ3) is 5.15. The molecule has 0 aliphatic rings. The van der Waals surface area contributed by atoms with E-state index in [2.05, 4.69) is 5.32 Å². The van der Waals surface area contributed by atoms with Crippen molar-refractivity contribution in [2.75, 3.05) is 11.9 Å². The van der Waals surface area contributed by atoms with Crippen molar-refractivity contribution in [3.63, 3.8) is 0 Å². The fraction of sp³-hybridized carbons (Fsp3) is 0.385. The van der Waals surface area contributed by atoms with Gasteiger partial charge in [-0.3, -0.25) is 9.59 Å². The monoisotopic (exact) mass is 235 g/mol. The Hall–Kier alpha value is -1.84. The molecule has 92 valence electrons. The molecular weight excluding hydrogens is 218 g/mol. The van der Waals surface area contributed by atoms with E-state index in [4.69, 9.17) is 4.74 Å². The number of rotatable bonds is 6. The summed E-state index contributed by atoms with van der Waals surface area (Å²) in [6.07, 6.45) is 1.38. The minimum atomic E-state index is -0.114. The topological polar surface area (TPSA) is 55.4 Å². The molecule has 0 fully saturated rings. The van der Waals surface area contributed by atoms with Gasteiger partial charge < -0.3 is 10.1 Å². The highest BCUT2D eigenvalue weighted by Gasteiger charge is 2.02. The Balaban J connectivity index is 2.45. The molecule has 0 spiro atoms. The third-order valence-electron chi connectivity index (χ3n) is 2.10. The van der Waals surface area contributed by atoms with Gasteiger partial charge >= 0.3 is 0 Å². The lowest BCUT2D eigenvalue weighted by molar-refractivity contribution is -0.121. The summed E-state index contributed by atoms with van der Waals surface area (Å²) >= 11 is 0. The van der Waals surface area contributed by atoms with Gasteiger partial charge in [-0.05, 0) is 30.7 Å². The van der Waals surface area contributed by atoms with Gasteiger partial charge in [0.25, 0.3) is 0 Å². The van der Waals surface area contributed by atoms with Gasteiger partial charge in [-0.2, -0.15) is 0 Å². The van der Waals surface area contributed by atoms with Crippen LogP contribution in [-0.2, 0) is 9.59 Å². The number of ketones is 1. The average Bonchev–Trinajstić information content (AvgIpc) is 2.28. The maximum atomic E-state index is 11.2. The predicted octanol–water partition coefficient (Wildman–Crippen LogP) is 2.39. The summed E-state index contributed by atoms with van der Waals surface area (Å²) in [5.41, 5.74) is 0.713. The smallest absolute Gasteiger partial charge is 0.221 e. The number of hydrogen-bond acceptors (Lipinski definition) is 3. The van der Waals surface area contributed by atoms with Gasteiger partial charge in [-0.25, -0.2) is 0 Å². The number of carbonyl (C=O) groups excluding carboxylic acids is 2. The molecule has 0 unspecified atom stereocenters. The van der Waals surface area contributed by atoms with Crippen molar-refractivity contribution < 1.29 is 14.3 Å². The van der Waals surface area contributed by atoms with Gasteiger partial charge in [0.15, 0.2) is 5.78 Å². The van der Waals surface area contributed by atoms with Crippen molar-refractivity contribution in [3.05, 3.63) is 24.3 Å². The van der Waals surface area contributed by atoms with Gasteiger partial charge in [0.2, 0.25) is 5.91 Å². The van der Waals surface area contributed by atoms with Gasteiger partial charge in [-0.15, -0.1) is 0 Å². The molecule has 0 aromatic heterocycles. The molecule has 1 N–H and O–H groups in total. The van der Waals surface area contributed by atoms with E-state index in [1.165, 1.54) is 6.92 Å². The van der Waals surface area contributed by atoms with E-state index in [9.17, 15) is 9.59 Å². The first kappa shape index (κ1) is 13.2. The normalized spacial score (nSPS) is 9.76. The number of anilines is 1. The summed E-state index contributed by atoms with van der Waals surface area (Å²) in [6.45, 7) is 3.52. The van der Waals surface area contributed by atoms with Gasteiger partial charge in [0.1, 0.15) is 12.4 Å². The van der Waals surface area contributed by atoms with E-state index >= 15 is 0 Å². The van der Waals surface area contributed by atoms with Crippen LogP contribution in [-0.4, -0.2) is 18.3 Å². The summed E-state index contributed by atoms with van der Waals surface area (Å²) in [7, 11) is 0. The first-order chi connectivity index (χ1) is 8.11. The zero-order chi connectivity index (χ0) is 12.7. The summed E-state index contributed by atoms with van der Waals surface area (Å²) in [5, 5.41) is 2.66. The second-order valence-corrected chi connectivity index (χ2v) is 3.78. The first-order valence-corrected chi connectivity index (χ1v) is 5.64. The van der Waals surface area contributed by atoms with E-state index in [1.54, 1.807) is 24.3 Å². The Morgan fingerprint density at radius 3 is 2.41 bits per heavy atom. The molecular formula is C13H17NO3. The predicted molar refractivity (Wildman–Crippen MR) is 66.2 cm³/mol. The third-order valence-corrected chi connectivity index (χ3v) is 2.10. The van der Waals surface area contributed by atoms with Crippen LogP contribution in [0.15, 0.2) is 24.3 Å². The average molecular weight is 235 g/mol. The fourth-order valence-electron chi connectivity index (χ4n) is 1.35. The maximum absolute atomic E-state index is 11.2. The number of nitrogens with one attached hydrogen (secondary N) is 1. The van der Waals surface area contributed by atoms with Crippen LogP contribution in [0.3, 0.4) is 0 Å². The van der Waals surface area contributed by atoms with Crippen LogP contribution in [0.5, 0.6) is 5.75 Å². The molecule has 0 aliphatic heterocycles. The molecule has 0 saturated carbocycles. The Morgan fingerprint density at radius 2 is 1.88 bits per heavy atom. The molecule has 4 heteroatoms. The van der Waals surface area contributed by atoms with Crippen molar-refractivity contribution in [1.29, 1.82) is 0 Å². The quantitative estimate of drug-likeness (QED) is 0.823. The van der Waals surface area contributed by atoms with Crippen molar-refractivity contribution in [3.8, 4) is 5.75 Å². The van der Waals surface area contributed by atoms with Gasteiger partial charge in [0.05, 0.1) is 0 Å². The minimum absolute atomic E-state index is 0.0958. The molecule has 0 saturated heterocycles. The molecule has 0 bridgehead atoms. The van der Waals surface area contributed by atoms with Crippen LogP contribution in [0.2, 0.25) is 0 Å². The van der Waals surface area contributed by atoms with Gasteiger partial charge in [-0.1, -0.05) is 6.92 Å². The Kier molecular flexibility index (Phi) is 5.20. The molecule has 0 heterocycles. The van der Waals surface area contributed by atoms with Crippen molar-refractivity contribution in [2.45, 2.75) is 26.7 Å². The van der Waals surface area contributed by atoms with Crippen LogP contribution < -0.4 is 10.1 Å². The van der Waals surface area contributed by atoms with Crippen LogP contribution in [0.1, 0.15) is 26.7 Å². The zero-order valence-corrected chi connectivity index (χ0v) is 10.2. The molecule has 17 heavy (non-hydrogen) atoms. The van der Waals surface area contributed by atoms with Crippen molar-refractivity contribution in [2.24, 2.45) is 0 Å². The lowest BCUT2D eigenvalue weighted by Crippen LogP contribution is -2.10. The van der Waals surface area contributed by atoms with Gasteiger partial charge in [0, 0.05) is 19.0 Å². The summed E-state index contributed by atoms with van der Waals surface area (Å²) in [4.78, 5) is 22.0. The molecule has 0 atom stereocenters.